The first-order valence-corrected chi connectivity index (χ1v) is 9.30. The molecule has 0 saturated carbocycles. The number of pyridine rings is 1. The van der Waals surface area contributed by atoms with Crippen LogP contribution in [0.15, 0.2) is 30.6 Å². The normalized spacial score (nSPS) is 15.7. The van der Waals surface area contributed by atoms with E-state index >= 15 is 0 Å². The number of hydrogen-bond donors (Lipinski definition) is 0. The maximum atomic E-state index is 14.2. The van der Waals surface area contributed by atoms with Crippen molar-refractivity contribution in [1.29, 1.82) is 5.26 Å². The van der Waals surface area contributed by atoms with Crippen LogP contribution in [0.25, 0.3) is 33.3 Å². The van der Waals surface area contributed by atoms with Gasteiger partial charge in [0.1, 0.15) is 22.8 Å². The van der Waals surface area contributed by atoms with E-state index in [1.165, 1.54) is 12.1 Å². The highest BCUT2D eigenvalue weighted by Crippen LogP contribution is 2.36. The van der Waals surface area contributed by atoms with Crippen molar-refractivity contribution in [3.8, 4) is 17.3 Å². The van der Waals surface area contributed by atoms with Crippen LogP contribution in [0.3, 0.4) is 0 Å². The highest BCUT2D eigenvalue weighted by Gasteiger charge is 2.27. The van der Waals surface area contributed by atoms with Crippen molar-refractivity contribution in [3.05, 3.63) is 42.0 Å². The average Bonchev–Trinajstić information content (AvgIpc) is 3.32. The van der Waals surface area contributed by atoms with E-state index in [2.05, 4.69) is 9.55 Å². The average molecular weight is 388 g/mol. The minimum Gasteiger partial charge on any atom is -0.408 e. The van der Waals surface area contributed by atoms with Gasteiger partial charge in [-0.05, 0) is 31.3 Å². The zero-order chi connectivity index (χ0) is 20.3. The monoisotopic (exact) mass is 388 g/mol. The van der Waals surface area contributed by atoms with Crippen molar-refractivity contribution in [2.45, 2.75) is 12.6 Å². The Morgan fingerprint density at radius 3 is 2.86 bits per heavy atom. The smallest absolute Gasteiger partial charge is 0.219 e. The molecule has 9 heteroatoms. The van der Waals surface area contributed by atoms with E-state index in [4.69, 9.17) is 9.72 Å². The van der Waals surface area contributed by atoms with E-state index in [-0.39, 0.29) is 11.7 Å². The Balaban J connectivity index is 1.87. The molecule has 4 heterocycles. The molecule has 1 saturated heterocycles. The number of hydrogen-bond acceptors (Lipinski definition) is 5. The molecule has 144 valence electrons. The molecule has 5 rings (SSSR count). The number of imidazole rings is 1. The standard InChI is InChI=1S/C20H18BFN6O/c1-26-10-24-17-18(26)15-6-16(12-3-11(7-23)4-13(22)5-12)28(8-14-9-29-14)19(15)25-20(17)27(2)21/h3-6,10,14H,8-9,21H2,1-2H3. The summed E-state index contributed by atoms with van der Waals surface area (Å²) in [6.07, 6.45) is 1.88. The maximum absolute atomic E-state index is 14.2. The molecule has 0 spiro atoms. The second kappa shape index (κ2) is 6.32. The second-order valence-electron chi connectivity index (χ2n) is 7.56. The molecule has 1 unspecified atom stereocenters. The topological polar surface area (TPSA) is 75.2 Å². The Morgan fingerprint density at radius 1 is 1.38 bits per heavy atom. The molecule has 1 fully saturated rings. The first-order valence-electron chi connectivity index (χ1n) is 9.30. The molecule has 0 amide bonds. The minimum absolute atomic E-state index is 0.111. The number of epoxide rings is 1. The third-order valence-corrected chi connectivity index (χ3v) is 5.22. The van der Waals surface area contributed by atoms with Gasteiger partial charge >= 0.3 is 0 Å². The summed E-state index contributed by atoms with van der Waals surface area (Å²) >= 11 is 0. The molecule has 1 aliphatic rings. The summed E-state index contributed by atoms with van der Waals surface area (Å²) < 4.78 is 23.7. The first kappa shape index (κ1) is 17.7. The number of nitrogens with zero attached hydrogens (tertiary/aromatic N) is 6. The summed E-state index contributed by atoms with van der Waals surface area (Å²) in [5.41, 5.74) is 4.30. The summed E-state index contributed by atoms with van der Waals surface area (Å²) in [4.78, 5) is 11.4. The number of aromatic nitrogens is 4. The lowest BCUT2D eigenvalue weighted by atomic mass is 10.1. The van der Waals surface area contributed by atoms with Crippen molar-refractivity contribution in [2.75, 3.05) is 18.5 Å². The lowest BCUT2D eigenvalue weighted by Gasteiger charge is -2.15. The van der Waals surface area contributed by atoms with E-state index in [1.807, 2.05) is 43.6 Å². The second-order valence-corrected chi connectivity index (χ2v) is 7.56. The highest BCUT2D eigenvalue weighted by atomic mass is 19.1. The van der Waals surface area contributed by atoms with Gasteiger partial charge in [0.05, 0.1) is 48.4 Å². The summed E-state index contributed by atoms with van der Waals surface area (Å²) in [7, 11) is 5.82. The molecule has 0 aliphatic carbocycles. The van der Waals surface area contributed by atoms with Gasteiger partial charge in [-0.25, -0.2) is 14.4 Å². The van der Waals surface area contributed by atoms with Crippen molar-refractivity contribution in [1.82, 2.24) is 19.1 Å². The van der Waals surface area contributed by atoms with Crippen LogP contribution in [-0.2, 0) is 18.3 Å². The van der Waals surface area contributed by atoms with Crippen LogP contribution in [0.1, 0.15) is 5.56 Å². The van der Waals surface area contributed by atoms with Crippen molar-refractivity contribution in [2.24, 2.45) is 7.05 Å². The fourth-order valence-electron chi connectivity index (χ4n) is 3.81. The van der Waals surface area contributed by atoms with Crippen LogP contribution in [0.5, 0.6) is 0 Å². The lowest BCUT2D eigenvalue weighted by molar-refractivity contribution is 0.386. The van der Waals surface area contributed by atoms with Crippen molar-refractivity contribution < 1.29 is 9.13 Å². The maximum Gasteiger partial charge on any atom is 0.219 e. The van der Waals surface area contributed by atoms with Gasteiger partial charge in [-0.3, -0.25) is 0 Å². The van der Waals surface area contributed by atoms with Gasteiger partial charge in [0, 0.05) is 18.0 Å². The van der Waals surface area contributed by atoms with Gasteiger partial charge < -0.3 is 18.7 Å². The SMILES string of the molecule is BN(C)c1nc2c(cc(-c3cc(F)cc(C#N)c3)n2CC2CO2)c2c1ncn2C. The Bertz CT molecular complexity index is 1310. The van der Waals surface area contributed by atoms with Crippen LogP contribution in [0.4, 0.5) is 10.2 Å². The largest absolute Gasteiger partial charge is 0.408 e. The number of ether oxygens (including phenoxy) is 1. The number of nitriles is 1. The number of benzene rings is 1. The highest BCUT2D eigenvalue weighted by molar-refractivity contribution is 6.20. The van der Waals surface area contributed by atoms with E-state index in [0.29, 0.717) is 18.7 Å². The number of rotatable bonds is 4. The van der Waals surface area contributed by atoms with Crippen molar-refractivity contribution in [3.63, 3.8) is 0 Å². The van der Waals surface area contributed by atoms with E-state index in [1.54, 1.807) is 12.4 Å². The molecule has 1 atom stereocenters. The number of anilines is 1. The summed E-state index contributed by atoms with van der Waals surface area (Å²) in [5.74, 6) is 0.332. The Labute approximate surface area is 167 Å². The van der Waals surface area contributed by atoms with Gasteiger partial charge in [0.2, 0.25) is 7.98 Å². The molecular formula is C20H18BFN6O. The third-order valence-electron chi connectivity index (χ3n) is 5.22. The Kier molecular flexibility index (Phi) is 3.86. The van der Waals surface area contributed by atoms with Crippen LogP contribution in [-0.4, -0.2) is 46.8 Å². The first-order chi connectivity index (χ1) is 14.0. The summed E-state index contributed by atoms with van der Waals surface area (Å²) in [6, 6.07) is 8.43. The number of aryl methyl sites for hydroxylation is 1. The van der Waals surface area contributed by atoms with Crippen LogP contribution < -0.4 is 4.81 Å². The van der Waals surface area contributed by atoms with E-state index < -0.39 is 5.82 Å². The molecule has 1 aliphatic heterocycles. The lowest BCUT2D eigenvalue weighted by Crippen LogP contribution is -2.15. The van der Waals surface area contributed by atoms with Crippen LogP contribution in [0, 0.1) is 17.1 Å². The van der Waals surface area contributed by atoms with Gasteiger partial charge in [0.25, 0.3) is 0 Å². The molecule has 0 radical (unpaired) electrons. The predicted octanol–water partition coefficient (Wildman–Crippen LogP) is 1.98. The summed E-state index contributed by atoms with van der Waals surface area (Å²) in [5, 5.41) is 10.2. The van der Waals surface area contributed by atoms with E-state index in [0.717, 1.165) is 33.6 Å². The van der Waals surface area contributed by atoms with Gasteiger partial charge in [-0.2, -0.15) is 5.26 Å². The van der Waals surface area contributed by atoms with Gasteiger partial charge in [-0.1, -0.05) is 0 Å². The van der Waals surface area contributed by atoms with Gasteiger partial charge in [0.15, 0.2) is 0 Å². The Morgan fingerprint density at radius 2 is 2.17 bits per heavy atom. The fourth-order valence-corrected chi connectivity index (χ4v) is 3.81. The van der Waals surface area contributed by atoms with Gasteiger partial charge in [-0.15, -0.1) is 0 Å². The molecule has 29 heavy (non-hydrogen) atoms. The zero-order valence-corrected chi connectivity index (χ0v) is 16.3. The fraction of sp³-hybridized carbons (Fsp3) is 0.250. The van der Waals surface area contributed by atoms with Crippen molar-refractivity contribution >= 4 is 35.9 Å². The molecule has 0 bridgehead atoms. The number of halogens is 1. The molecule has 1 aromatic carbocycles. The third kappa shape index (κ3) is 2.84. The predicted molar refractivity (Wildman–Crippen MR) is 111 cm³/mol. The zero-order valence-electron chi connectivity index (χ0n) is 16.3. The van der Waals surface area contributed by atoms with E-state index in [9.17, 15) is 9.65 Å². The molecule has 0 N–H and O–H groups in total. The Hall–Kier alpha value is -3.38. The molecule has 3 aromatic heterocycles. The van der Waals surface area contributed by atoms with Crippen LogP contribution >= 0.6 is 0 Å². The quantitative estimate of drug-likeness (QED) is 0.395. The number of fused-ring (bicyclic) bond motifs is 3. The minimum atomic E-state index is -0.439. The molecular weight excluding hydrogens is 370 g/mol. The molecule has 7 nitrogen and oxygen atoms in total. The molecule has 4 aromatic rings. The summed E-state index contributed by atoms with van der Waals surface area (Å²) in [6.45, 7) is 1.31. The van der Waals surface area contributed by atoms with Crippen LogP contribution in [0.2, 0.25) is 0 Å².